The Bertz CT molecular complexity index is 2340. The number of benzene rings is 7. The van der Waals surface area contributed by atoms with E-state index in [2.05, 4.69) is 109 Å². The molecule has 7 aromatic carbocycles. The van der Waals surface area contributed by atoms with Crippen molar-refractivity contribution < 1.29 is 0 Å². The Morgan fingerprint density at radius 3 is 1.49 bits per heavy atom. The molecule has 220 valence electrons. The normalized spacial score (nSPS) is 13.3. The van der Waals surface area contributed by atoms with Crippen molar-refractivity contribution in [2.75, 3.05) is 0 Å². The van der Waals surface area contributed by atoms with Crippen LogP contribution in [0.3, 0.4) is 0 Å². The van der Waals surface area contributed by atoms with Crippen LogP contribution in [0.4, 0.5) is 0 Å². The van der Waals surface area contributed by atoms with Crippen molar-refractivity contribution in [3.05, 3.63) is 187 Å². The standard InChI is InChI=1S/C44H29N3/c1-4-12-30(13-5-1)41-38-19-11-10-18-37(38)40-28-34(24-25-39(40)41)33-22-20-29-21-23-35(27-36(29)26-33)44-46-42(31-14-6-2-7-15-31)45-43(47-44)32-16-8-3-9-17-32/h1-28,41H. The quantitative estimate of drug-likeness (QED) is 0.198. The summed E-state index contributed by atoms with van der Waals surface area (Å²) in [7, 11) is 0. The van der Waals surface area contributed by atoms with Crippen molar-refractivity contribution in [3.8, 4) is 56.4 Å². The summed E-state index contributed by atoms with van der Waals surface area (Å²) in [6, 6.07) is 60.0. The summed E-state index contributed by atoms with van der Waals surface area (Å²) in [4.78, 5) is 14.8. The fourth-order valence-electron chi connectivity index (χ4n) is 6.89. The van der Waals surface area contributed by atoms with E-state index in [1.807, 2.05) is 60.7 Å². The van der Waals surface area contributed by atoms with Gasteiger partial charge in [-0.1, -0.05) is 152 Å². The van der Waals surface area contributed by atoms with Gasteiger partial charge in [0.25, 0.3) is 0 Å². The number of rotatable bonds is 5. The monoisotopic (exact) mass is 599 g/mol. The van der Waals surface area contributed by atoms with E-state index in [9.17, 15) is 0 Å². The summed E-state index contributed by atoms with van der Waals surface area (Å²) in [6.45, 7) is 0. The largest absolute Gasteiger partial charge is 0.208 e. The predicted octanol–water partition coefficient (Wildman–Crippen LogP) is 10.9. The molecule has 0 fully saturated rings. The van der Waals surface area contributed by atoms with E-state index in [0.717, 1.165) is 22.1 Å². The number of fused-ring (bicyclic) bond motifs is 4. The fraction of sp³-hybridized carbons (Fsp3) is 0.0227. The summed E-state index contributed by atoms with van der Waals surface area (Å²) in [5, 5.41) is 2.32. The first kappa shape index (κ1) is 27.1. The van der Waals surface area contributed by atoms with Gasteiger partial charge >= 0.3 is 0 Å². The van der Waals surface area contributed by atoms with E-state index >= 15 is 0 Å². The van der Waals surface area contributed by atoms with Gasteiger partial charge in [0, 0.05) is 22.6 Å². The van der Waals surface area contributed by atoms with Gasteiger partial charge in [0.15, 0.2) is 17.5 Å². The Hall–Kier alpha value is -6.19. The average Bonchev–Trinajstić information content (AvgIpc) is 3.49. The smallest absolute Gasteiger partial charge is 0.164 e. The molecule has 3 nitrogen and oxygen atoms in total. The number of aromatic nitrogens is 3. The van der Waals surface area contributed by atoms with E-state index < -0.39 is 0 Å². The predicted molar refractivity (Wildman–Crippen MR) is 192 cm³/mol. The van der Waals surface area contributed by atoms with E-state index in [1.54, 1.807) is 0 Å². The molecule has 0 bridgehead atoms. The van der Waals surface area contributed by atoms with E-state index in [4.69, 9.17) is 15.0 Å². The average molecular weight is 600 g/mol. The minimum absolute atomic E-state index is 0.248. The van der Waals surface area contributed by atoms with Crippen LogP contribution in [0.1, 0.15) is 22.6 Å². The highest BCUT2D eigenvalue weighted by molar-refractivity contribution is 5.92. The van der Waals surface area contributed by atoms with Crippen LogP contribution in [0.25, 0.3) is 67.2 Å². The van der Waals surface area contributed by atoms with Crippen LogP contribution < -0.4 is 0 Å². The molecule has 1 aliphatic carbocycles. The molecule has 0 radical (unpaired) electrons. The molecule has 1 aliphatic rings. The van der Waals surface area contributed by atoms with Crippen LogP contribution in [0.5, 0.6) is 0 Å². The Kier molecular flexibility index (Phi) is 6.53. The molecule has 0 amide bonds. The molecule has 0 aliphatic heterocycles. The maximum atomic E-state index is 4.96. The lowest BCUT2D eigenvalue weighted by Gasteiger charge is -2.14. The summed E-state index contributed by atoms with van der Waals surface area (Å²) in [6.07, 6.45) is 0. The zero-order chi connectivity index (χ0) is 31.2. The summed E-state index contributed by atoms with van der Waals surface area (Å²) in [5.41, 5.74) is 12.0. The van der Waals surface area contributed by atoms with Crippen LogP contribution in [0.15, 0.2) is 170 Å². The maximum Gasteiger partial charge on any atom is 0.164 e. The molecule has 0 spiro atoms. The third kappa shape index (κ3) is 4.90. The summed E-state index contributed by atoms with van der Waals surface area (Å²) < 4.78 is 0. The van der Waals surface area contributed by atoms with Gasteiger partial charge in [-0.2, -0.15) is 0 Å². The maximum absolute atomic E-state index is 4.96. The second kappa shape index (κ2) is 11.3. The first-order chi connectivity index (χ1) is 23.3. The molecule has 1 atom stereocenters. The highest BCUT2D eigenvalue weighted by atomic mass is 15.0. The molecule has 0 saturated heterocycles. The molecular weight excluding hydrogens is 571 g/mol. The third-order valence-electron chi connectivity index (χ3n) is 9.19. The Morgan fingerprint density at radius 2 is 0.809 bits per heavy atom. The molecule has 8 aromatic rings. The molecule has 1 aromatic heterocycles. The topological polar surface area (TPSA) is 38.7 Å². The van der Waals surface area contributed by atoms with Crippen molar-refractivity contribution in [1.29, 1.82) is 0 Å². The van der Waals surface area contributed by atoms with Crippen molar-refractivity contribution in [2.24, 2.45) is 0 Å². The molecule has 3 heteroatoms. The van der Waals surface area contributed by atoms with Crippen molar-refractivity contribution in [3.63, 3.8) is 0 Å². The number of hydrogen-bond donors (Lipinski definition) is 0. The zero-order valence-electron chi connectivity index (χ0n) is 25.6. The lowest BCUT2D eigenvalue weighted by molar-refractivity contribution is 1.02. The first-order valence-electron chi connectivity index (χ1n) is 16.0. The van der Waals surface area contributed by atoms with Gasteiger partial charge in [0.2, 0.25) is 0 Å². The highest BCUT2D eigenvalue weighted by Gasteiger charge is 2.29. The van der Waals surface area contributed by atoms with E-state index in [-0.39, 0.29) is 5.92 Å². The summed E-state index contributed by atoms with van der Waals surface area (Å²) >= 11 is 0. The van der Waals surface area contributed by atoms with Crippen molar-refractivity contribution in [2.45, 2.75) is 5.92 Å². The van der Waals surface area contributed by atoms with Gasteiger partial charge in [-0.15, -0.1) is 0 Å². The SMILES string of the molecule is c1ccc(-c2nc(-c3ccccc3)nc(-c3ccc4ccc(-c5ccc6c(c5)-c5ccccc5C6c5ccccc5)cc4c3)n2)cc1. The van der Waals surface area contributed by atoms with Crippen LogP contribution in [0.2, 0.25) is 0 Å². The van der Waals surface area contributed by atoms with E-state index in [1.165, 1.54) is 44.3 Å². The molecule has 1 unspecified atom stereocenters. The van der Waals surface area contributed by atoms with Gasteiger partial charge in [-0.05, 0) is 67.9 Å². The molecule has 9 rings (SSSR count). The van der Waals surface area contributed by atoms with Gasteiger partial charge < -0.3 is 0 Å². The Morgan fingerprint density at radius 1 is 0.319 bits per heavy atom. The highest BCUT2D eigenvalue weighted by Crippen LogP contribution is 2.49. The van der Waals surface area contributed by atoms with Crippen molar-refractivity contribution >= 4 is 10.8 Å². The minimum Gasteiger partial charge on any atom is -0.208 e. The first-order valence-corrected chi connectivity index (χ1v) is 16.0. The van der Waals surface area contributed by atoms with Crippen LogP contribution in [-0.4, -0.2) is 15.0 Å². The second-order valence-electron chi connectivity index (χ2n) is 12.0. The second-order valence-corrected chi connectivity index (χ2v) is 12.0. The Labute approximate surface area is 273 Å². The minimum atomic E-state index is 0.248. The van der Waals surface area contributed by atoms with E-state index in [0.29, 0.717) is 17.5 Å². The number of nitrogens with zero attached hydrogens (tertiary/aromatic N) is 3. The van der Waals surface area contributed by atoms with Crippen LogP contribution in [-0.2, 0) is 0 Å². The molecule has 1 heterocycles. The lowest BCUT2D eigenvalue weighted by atomic mass is 9.89. The van der Waals surface area contributed by atoms with Crippen LogP contribution in [0, 0.1) is 0 Å². The van der Waals surface area contributed by atoms with Crippen LogP contribution >= 0.6 is 0 Å². The van der Waals surface area contributed by atoms with Gasteiger partial charge in [-0.3, -0.25) is 0 Å². The molecule has 47 heavy (non-hydrogen) atoms. The zero-order valence-corrected chi connectivity index (χ0v) is 25.6. The third-order valence-corrected chi connectivity index (χ3v) is 9.19. The Balaban J connectivity index is 1.14. The van der Waals surface area contributed by atoms with Gasteiger partial charge in [0.05, 0.1) is 0 Å². The van der Waals surface area contributed by atoms with Gasteiger partial charge in [0.1, 0.15) is 0 Å². The van der Waals surface area contributed by atoms with Crippen molar-refractivity contribution in [1.82, 2.24) is 15.0 Å². The van der Waals surface area contributed by atoms with Gasteiger partial charge in [-0.25, -0.2) is 15.0 Å². The lowest BCUT2D eigenvalue weighted by Crippen LogP contribution is -2.00. The molecule has 0 saturated carbocycles. The summed E-state index contributed by atoms with van der Waals surface area (Å²) in [5.74, 6) is 2.23. The number of hydrogen-bond acceptors (Lipinski definition) is 3. The molecule has 0 N–H and O–H groups in total. The molecular formula is C44H29N3. The fourth-order valence-corrected chi connectivity index (χ4v) is 6.89.